The summed E-state index contributed by atoms with van der Waals surface area (Å²) < 4.78 is 0. The molecule has 3 heteroatoms. The summed E-state index contributed by atoms with van der Waals surface area (Å²) in [5.74, 6) is 0.823. The van der Waals surface area contributed by atoms with Gasteiger partial charge in [0, 0.05) is 19.1 Å². The number of aliphatic hydroxyl groups is 1. The van der Waals surface area contributed by atoms with Crippen LogP contribution in [0.4, 0.5) is 0 Å². The predicted octanol–water partition coefficient (Wildman–Crippen LogP) is 0.426. The molecule has 2 unspecified atom stereocenters. The molecule has 0 radical (unpaired) electrons. The molecule has 1 aliphatic carbocycles. The minimum atomic E-state index is -0.194. The molecule has 3 N–H and O–H groups in total. The van der Waals surface area contributed by atoms with E-state index in [1.165, 1.54) is 12.8 Å². The summed E-state index contributed by atoms with van der Waals surface area (Å²) in [5, 5.41) is 9.15. The van der Waals surface area contributed by atoms with Crippen LogP contribution in [0.5, 0.6) is 0 Å². The Hall–Kier alpha value is -0.120. The van der Waals surface area contributed by atoms with Crippen molar-refractivity contribution in [2.75, 3.05) is 20.1 Å². The number of rotatable bonds is 6. The van der Waals surface area contributed by atoms with E-state index in [0.717, 1.165) is 25.4 Å². The number of hydrogen-bond donors (Lipinski definition) is 2. The fraction of sp³-hybridized carbons (Fsp3) is 1.00. The number of likely N-dealkylation sites (N-methyl/N-ethyl adjacent to an activating group) is 1. The molecule has 0 aromatic rings. The zero-order chi connectivity index (χ0) is 9.84. The van der Waals surface area contributed by atoms with E-state index in [1.807, 2.05) is 6.92 Å². The molecule has 1 fully saturated rings. The van der Waals surface area contributed by atoms with Crippen molar-refractivity contribution < 1.29 is 5.11 Å². The second kappa shape index (κ2) is 4.94. The highest BCUT2D eigenvalue weighted by atomic mass is 16.3. The van der Waals surface area contributed by atoms with Crippen molar-refractivity contribution in [1.29, 1.82) is 0 Å². The normalized spacial score (nSPS) is 21.9. The molecule has 0 aromatic heterocycles. The van der Waals surface area contributed by atoms with E-state index in [4.69, 9.17) is 10.8 Å². The van der Waals surface area contributed by atoms with E-state index >= 15 is 0 Å². The van der Waals surface area contributed by atoms with Gasteiger partial charge in [0.25, 0.3) is 0 Å². The van der Waals surface area contributed by atoms with Crippen LogP contribution in [0.2, 0.25) is 0 Å². The van der Waals surface area contributed by atoms with Crippen molar-refractivity contribution in [1.82, 2.24) is 4.90 Å². The molecule has 1 rings (SSSR count). The molecular weight excluding hydrogens is 164 g/mol. The molecular formula is C10H22N2O. The third kappa shape index (κ3) is 3.63. The van der Waals surface area contributed by atoms with Crippen LogP contribution in [0.1, 0.15) is 26.2 Å². The standard InChI is InChI=1S/C10H22N2O/c1-8(13)5-6-12(2)10(7-11)9-3-4-9/h8-10,13H,3-7,11H2,1-2H3. The molecule has 13 heavy (non-hydrogen) atoms. The van der Waals surface area contributed by atoms with Crippen LogP contribution in [0.15, 0.2) is 0 Å². The molecule has 0 bridgehead atoms. The first-order chi connectivity index (χ1) is 6.15. The molecule has 3 nitrogen and oxygen atoms in total. The molecule has 0 saturated heterocycles. The Morgan fingerprint density at radius 2 is 2.15 bits per heavy atom. The van der Waals surface area contributed by atoms with Gasteiger partial charge in [-0.3, -0.25) is 0 Å². The van der Waals surface area contributed by atoms with Gasteiger partial charge in [-0.1, -0.05) is 0 Å². The lowest BCUT2D eigenvalue weighted by Crippen LogP contribution is -2.40. The van der Waals surface area contributed by atoms with Crippen LogP contribution in [0.3, 0.4) is 0 Å². The Labute approximate surface area is 80.9 Å². The van der Waals surface area contributed by atoms with Gasteiger partial charge >= 0.3 is 0 Å². The first-order valence-electron chi connectivity index (χ1n) is 5.23. The van der Waals surface area contributed by atoms with Gasteiger partial charge in [0.05, 0.1) is 6.10 Å². The number of nitrogens with zero attached hydrogens (tertiary/aromatic N) is 1. The highest BCUT2D eigenvalue weighted by Gasteiger charge is 2.32. The van der Waals surface area contributed by atoms with Crippen molar-refractivity contribution in [3.63, 3.8) is 0 Å². The summed E-state index contributed by atoms with van der Waals surface area (Å²) in [7, 11) is 2.11. The third-order valence-corrected chi connectivity index (χ3v) is 2.87. The van der Waals surface area contributed by atoms with Crippen LogP contribution in [0, 0.1) is 5.92 Å². The molecule has 0 spiro atoms. The van der Waals surface area contributed by atoms with Gasteiger partial charge in [0.1, 0.15) is 0 Å². The van der Waals surface area contributed by atoms with Gasteiger partial charge in [0.2, 0.25) is 0 Å². The number of aliphatic hydroxyl groups excluding tert-OH is 1. The average Bonchev–Trinajstić information content (AvgIpc) is 2.86. The predicted molar refractivity (Wildman–Crippen MR) is 54.5 cm³/mol. The van der Waals surface area contributed by atoms with Crippen LogP contribution >= 0.6 is 0 Å². The Morgan fingerprint density at radius 3 is 2.54 bits per heavy atom. The monoisotopic (exact) mass is 186 g/mol. The molecule has 0 heterocycles. The van der Waals surface area contributed by atoms with Crippen molar-refractivity contribution in [2.45, 2.75) is 38.3 Å². The first-order valence-corrected chi connectivity index (χ1v) is 5.23. The Kier molecular flexibility index (Phi) is 4.16. The summed E-state index contributed by atoms with van der Waals surface area (Å²) in [6.07, 6.45) is 3.32. The quantitative estimate of drug-likeness (QED) is 0.632. The molecule has 0 aliphatic heterocycles. The van der Waals surface area contributed by atoms with Gasteiger partial charge in [-0.25, -0.2) is 0 Å². The van der Waals surface area contributed by atoms with Crippen LogP contribution in [-0.2, 0) is 0 Å². The van der Waals surface area contributed by atoms with Crippen molar-refractivity contribution in [3.8, 4) is 0 Å². The first kappa shape index (κ1) is 11.0. The Balaban J connectivity index is 2.22. The highest BCUT2D eigenvalue weighted by Crippen LogP contribution is 2.34. The number of nitrogens with two attached hydrogens (primary N) is 1. The maximum Gasteiger partial charge on any atom is 0.0524 e. The minimum Gasteiger partial charge on any atom is -0.393 e. The summed E-state index contributed by atoms with van der Waals surface area (Å²) >= 11 is 0. The van der Waals surface area contributed by atoms with Gasteiger partial charge in [-0.15, -0.1) is 0 Å². The molecule has 1 aliphatic rings. The second-order valence-corrected chi connectivity index (χ2v) is 4.26. The summed E-state index contributed by atoms with van der Waals surface area (Å²) in [6, 6.07) is 0.541. The Morgan fingerprint density at radius 1 is 1.54 bits per heavy atom. The maximum atomic E-state index is 9.15. The lowest BCUT2D eigenvalue weighted by Gasteiger charge is -2.27. The number of hydrogen-bond acceptors (Lipinski definition) is 3. The molecule has 0 amide bonds. The smallest absolute Gasteiger partial charge is 0.0524 e. The second-order valence-electron chi connectivity index (χ2n) is 4.26. The minimum absolute atomic E-state index is 0.194. The summed E-state index contributed by atoms with van der Waals surface area (Å²) in [4.78, 5) is 2.30. The van der Waals surface area contributed by atoms with E-state index < -0.39 is 0 Å². The summed E-state index contributed by atoms with van der Waals surface area (Å²) in [5.41, 5.74) is 5.72. The zero-order valence-corrected chi connectivity index (χ0v) is 8.74. The maximum absolute atomic E-state index is 9.15. The molecule has 0 aromatic carbocycles. The average molecular weight is 186 g/mol. The van der Waals surface area contributed by atoms with E-state index in [1.54, 1.807) is 0 Å². The largest absolute Gasteiger partial charge is 0.393 e. The van der Waals surface area contributed by atoms with Gasteiger partial charge in [-0.05, 0) is 39.2 Å². The van der Waals surface area contributed by atoms with E-state index in [0.29, 0.717) is 6.04 Å². The van der Waals surface area contributed by atoms with E-state index in [9.17, 15) is 0 Å². The Bertz CT molecular complexity index is 146. The van der Waals surface area contributed by atoms with Crippen molar-refractivity contribution in [2.24, 2.45) is 11.7 Å². The van der Waals surface area contributed by atoms with E-state index in [2.05, 4.69) is 11.9 Å². The SMILES string of the molecule is CC(O)CCN(C)C(CN)C1CC1. The zero-order valence-electron chi connectivity index (χ0n) is 8.74. The lowest BCUT2D eigenvalue weighted by atomic mass is 10.1. The lowest BCUT2D eigenvalue weighted by molar-refractivity contribution is 0.145. The fourth-order valence-electron chi connectivity index (χ4n) is 1.77. The molecule has 2 atom stereocenters. The van der Waals surface area contributed by atoms with E-state index in [-0.39, 0.29) is 6.10 Å². The van der Waals surface area contributed by atoms with Gasteiger partial charge in [-0.2, -0.15) is 0 Å². The topological polar surface area (TPSA) is 49.5 Å². The molecule has 1 saturated carbocycles. The van der Waals surface area contributed by atoms with Gasteiger partial charge in [0.15, 0.2) is 0 Å². The van der Waals surface area contributed by atoms with Crippen molar-refractivity contribution in [3.05, 3.63) is 0 Å². The third-order valence-electron chi connectivity index (χ3n) is 2.87. The van der Waals surface area contributed by atoms with Crippen LogP contribution in [0.25, 0.3) is 0 Å². The highest BCUT2D eigenvalue weighted by molar-refractivity contribution is 4.87. The summed E-state index contributed by atoms with van der Waals surface area (Å²) in [6.45, 7) is 3.54. The molecule has 78 valence electrons. The fourth-order valence-corrected chi connectivity index (χ4v) is 1.77. The van der Waals surface area contributed by atoms with Gasteiger partial charge < -0.3 is 15.7 Å². The van der Waals surface area contributed by atoms with Crippen LogP contribution < -0.4 is 5.73 Å². The van der Waals surface area contributed by atoms with Crippen molar-refractivity contribution >= 4 is 0 Å². The van der Waals surface area contributed by atoms with Crippen LogP contribution in [-0.4, -0.2) is 42.3 Å².